The number of benzene rings is 1. The molecule has 0 aromatic heterocycles. The van der Waals surface area contributed by atoms with E-state index in [0.29, 0.717) is 12.6 Å². The number of hydrogen-bond donors (Lipinski definition) is 1. The van der Waals surface area contributed by atoms with Crippen LogP contribution in [0, 0.1) is 11.7 Å². The molecule has 2 nitrogen and oxygen atoms in total. The molecule has 0 amide bonds. The van der Waals surface area contributed by atoms with Gasteiger partial charge in [-0.05, 0) is 56.0 Å². The maximum atomic E-state index is 12.9. The van der Waals surface area contributed by atoms with Gasteiger partial charge in [-0.15, -0.1) is 0 Å². The summed E-state index contributed by atoms with van der Waals surface area (Å²) in [4.78, 5) is 0. The minimum absolute atomic E-state index is 0.217. The monoisotopic (exact) mass is 279 g/mol. The summed E-state index contributed by atoms with van der Waals surface area (Å²) in [6.45, 7) is 3.90. The fraction of sp³-hybridized carbons (Fsp3) is 0.647. The Kier molecular flexibility index (Phi) is 6.31. The zero-order valence-electron chi connectivity index (χ0n) is 12.4. The summed E-state index contributed by atoms with van der Waals surface area (Å²) in [5.41, 5.74) is 0. The Bertz CT molecular complexity index is 373. The molecular weight excluding hydrogens is 253 g/mol. The van der Waals surface area contributed by atoms with Crippen LogP contribution in [-0.2, 0) is 0 Å². The summed E-state index contributed by atoms with van der Waals surface area (Å²) < 4.78 is 18.7. The lowest BCUT2D eigenvalue weighted by Crippen LogP contribution is -2.42. The predicted molar refractivity (Wildman–Crippen MR) is 80.6 cm³/mol. The van der Waals surface area contributed by atoms with Crippen molar-refractivity contribution in [1.82, 2.24) is 5.32 Å². The van der Waals surface area contributed by atoms with Crippen molar-refractivity contribution >= 4 is 0 Å². The lowest BCUT2D eigenvalue weighted by molar-refractivity contribution is 0.186. The Hall–Kier alpha value is -1.09. The van der Waals surface area contributed by atoms with Crippen LogP contribution in [0.2, 0.25) is 0 Å². The highest BCUT2D eigenvalue weighted by Crippen LogP contribution is 2.27. The number of hydrogen-bond acceptors (Lipinski definition) is 2. The van der Waals surface area contributed by atoms with Crippen LogP contribution in [0.25, 0.3) is 0 Å². The van der Waals surface area contributed by atoms with Gasteiger partial charge in [-0.2, -0.15) is 0 Å². The lowest BCUT2D eigenvalue weighted by atomic mass is 9.84. The molecule has 0 saturated heterocycles. The van der Waals surface area contributed by atoms with Gasteiger partial charge in [0.1, 0.15) is 18.2 Å². The molecule has 3 heteroatoms. The fourth-order valence-electron chi connectivity index (χ4n) is 2.94. The number of rotatable bonds is 7. The summed E-state index contributed by atoms with van der Waals surface area (Å²) in [5.74, 6) is 1.26. The van der Waals surface area contributed by atoms with Gasteiger partial charge in [0.05, 0.1) is 0 Å². The Labute approximate surface area is 121 Å². The Balaban J connectivity index is 1.87. The first-order chi connectivity index (χ1) is 9.79. The van der Waals surface area contributed by atoms with Gasteiger partial charge < -0.3 is 10.1 Å². The van der Waals surface area contributed by atoms with E-state index >= 15 is 0 Å². The lowest BCUT2D eigenvalue weighted by Gasteiger charge is -2.31. The number of ether oxygens (including phenoxy) is 1. The van der Waals surface area contributed by atoms with Crippen molar-refractivity contribution in [2.45, 2.75) is 51.5 Å². The van der Waals surface area contributed by atoms with E-state index in [-0.39, 0.29) is 5.82 Å². The van der Waals surface area contributed by atoms with Crippen LogP contribution < -0.4 is 10.1 Å². The average molecular weight is 279 g/mol. The molecule has 112 valence electrons. The predicted octanol–water partition coefficient (Wildman–Crippen LogP) is 4.15. The van der Waals surface area contributed by atoms with Crippen molar-refractivity contribution in [3.05, 3.63) is 30.1 Å². The second-order valence-corrected chi connectivity index (χ2v) is 5.72. The first kappa shape index (κ1) is 15.3. The third-order valence-electron chi connectivity index (χ3n) is 4.12. The molecule has 0 aliphatic heterocycles. The van der Waals surface area contributed by atoms with Gasteiger partial charge in [0.15, 0.2) is 0 Å². The van der Waals surface area contributed by atoms with Crippen LogP contribution in [0.1, 0.15) is 45.4 Å². The Morgan fingerprint density at radius 2 is 1.90 bits per heavy atom. The Morgan fingerprint density at radius 1 is 1.20 bits per heavy atom. The van der Waals surface area contributed by atoms with E-state index in [0.717, 1.165) is 24.6 Å². The van der Waals surface area contributed by atoms with Crippen molar-refractivity contribution in [2.75, 3.05) is 13.2 Å². The van der Waals surface area contributed by atoms with Crippen molar-refractivity contribution < 1.29 is 9.13 Å². The van der Waals surface area contributed by atoms with Gasteiger partial charge in [-0.1, -0.05) is 26.2 Å². The highest BCUT2D eigenvalue weighted by atomic mass is 19.1. The van der Waals surface area contributed by atoms with Gasteiger partial charge >= 0.3 is 0 Å². The third-order valence-corrected chi connectivity index (χ3v) is 4.12. The molecule has 1 fully saturated rings. The molecule has 1 aromatic rings. The topological polar surface area (TPSA) is 21.3 Å². The minimum atomic E-state index is -0.217. The molecule has 1 N–H and O–H groups in total. The van der Waals surface area contributed by atoms with Crippen molar-refractivity contribution in [3.8, 4) is 5.75 Å². The van der Waals surface area contributed by atoms with Crippen LogP contribution in [0.5, 0.6) is 5.75 Å². The molecule has 1 atom stereocenters. The first-order valence-electron chi connectivity index (χ1n) is 7.91. The maximum absolute atomic E-state index is 12.9. The van der Waals surface area contributed by atoms with Crippen LogP contribution in [0.3, 0.4) is 0 Å². The summed E-state index contributed by atoms with van der Waals surface area (Å²) >= 11 is 0. The summed E-state index contributed by atoms with van der Waals surface area (Å²) in [6, 6.07) is 6.72. The molecule has 1 aromatic carbocycles. The zero-order valence-corrected chi connectivity index (χ0v) is 12.4. The molecule has 0 heterocycles. The molecular formula is C17H26FNO. The normalized spacial score (nSPS) is 17.9. The van der Waals surface area contributed by atoms with Crippen molar-refractivity contribution in [2.24, 2.45) is 5.92 Å². The van der Waals surface area contributed by atoms with Crippen LogP contribution in [0.15, 0.2) is 24.3 Å². The molecule has 0 bridgehead atoms. The van der Waals surface area contributed by atoms with Crippen LogP contribution in [0.4, 0.5) is 4.39 Å². The van der Waals surface area contributed by atoms with E-state index in [1.165, 1.54) is 44.2 Å². The van der Waals surface area contributed by atoms with Gasteiger partial charge in [-0.3, -0.25) is 0 Å². The molecule has 1 aliphatic carbocycles. The minimum Gasteiger partial charge on any atom is -0.492 e. The highest BCUT2D eigenvalue weighted by molar-refractivity contribution is 5.22. The van der Waals surface area contributed by atoms with Gasteiger partial charge in [0.2, 0.25) is 0 Å². The number of halogens is 1. The van der Waals surface area contributed by atoms with E-state index in [1.54, 1.807) is 12.1 Å². The number of nitrogens with one attached hydrogen (secondary N) is 1. The molecule has 2 rings (SSSR count). The maximum Gasteiger partial charge on any atom is 0.123 e. The summed E-state index contributed by atoms with van der Waals surface area (Å²) in [7, 11) is 0. The van der Waals surface area contributed by atoms with Crippen molar-refractivity contribution in [3.63, 3.8) is 0 Å². The fourth-order valence-corrected chi connectivity index (χ4v) is 2.94. The standard InChI is InChI=1S/C17H26FNO/c1-2-12-19-17(14-6-4-3-5-7-14)13-20-16-10-8-15(18)9-11-16/h8-11,14,17,19H,2-7,12-13H2,1H3. The second kappa shape index (κ2) is 8.25. The van der Waals surface area contributed by atoms with Gasteiger partial charge in [0, 0.05) is 6.04 Å². The quantitative estimate of drug-likeness (QED) is 0.809. The molecule has 0 spiro atoms. The van der Waals surface area contributed by atoms with E-state index in [2.05, 4.69) is 12.2 Å². The largest absolute Gasteiger partial charge is 0.492 e. The highest BCUT2D eigenvalue weighted by Gasteiger charge is 2.23. The average Bonchev–Trinajstić information content (AvgIpc) is 2.50. The van der Waals surface area contributed by atoms with E-state index in [4.69, 9.17) is 4.74 Å². The molecule has 0 radical (unpaired) electrons. The SMILES string of the molecule is CCCNC(COc1ccc(F)cc1)C1CCCCC1. The smallest absolute Gasteiger partial charge is 0.123 e. The van der Waals surface area contributed by atoms with Crippen molar-refractivity contribution in [1.29, 1.82) is 0 Å². The van der Waals surface area contributed by atoms with Gasteiger partial charge in [-0.25, -0.2) is 4.39 Å². The molecule has 1 unspecified atom stereocenters. The molecule has 20 heavy (non-hydrogen) atoms. The van der Waals surface area contributed by atoms with E-state index in [1.807, 2.05) is 0 Å². The summed E-state index contributed by atoms with van der Waals surface area (Å²) in [6.07, 6.45) is 7.79. The second-order valence-electron chi connectivity index (χ2n) is 5.72. The van der Waals surface area contributed by atoms with Crippen LogP contribution in [-0.4, -0.2) is 19.2 Å². The zero-order chi connectivity index (χ0) is 14.2. The van der Waals surface area contributed by atoms with Crippen LogP contribution >= 0.6 is 0 Å². The molecule has 1 aliphatic rings. The Morgan fingerprint density at radius 3 is 2.55 bits per heavy atom. The third kappa shape index (κ3) is 4.78. The van der Waals surface area contributed by atoms with E-state index < -0.39 is 0 Å². The van der Waals surface area contributed by atoms with E-state index in [9.17, 15) is 4.39 Å². The molecule has 1 saturated carbocycles. The first-order valence-corrected chi connectivity index (χ1v) is 7.91. The van der Waals surface area contributed by atoms with Gasteiger partial charge in [0.25, 0.3) is 0 Å². The summed E-state index contributed by atoms with van der Waals surface area (Å²) in [5, 5.41) is 3.62.